The quantitative estimate of drug-likeness (QED) is 0.584. The molecule has 98 valence electrons. The third kappa shape index (κ3) is 4.06. The van der Waals surface area contributed by atoms with Gasteiger partial charge in [-0.3, -0.25) is 0 Å². The summed E-state index contributed by atoms with van der Waals surface area (Å²) >= 11 is 0. The van der Waals surface area contributed by atoms with Crippen molar-refractivity contribution in [3.8, 4) is 12.3 Å². The molecule has 0 spiro atoms. The summed E-state index contributed by atoms with van der Waals surface area (Å²) < 4.78 is 26.4. The Kier molecular flexibility index (Phi) is 5.69. The highest BCUT2D eigenvalue weighted by atomic mass is 32.2. The molecule has 0 saturated carbocycles. The van der Waals surface area contributed by atoms with Crippen molar-refractivity contribution in [1.82, 2.24) is 4.72 Å². The molecule has 1 aromatic carbocycles. The third-order valence-corrected chi connectivity index (χ3v) is 3.93. The second kappa shape index (κ2) is 7.04. The molecule has 0 bridgehead atoms. The van der Waals surface area contributed by atoms with Crippen LogP contribution in [0.4, 0.5) is 5.69 Å². The molecule has 2 N–H and O–H groups in total. The van der Waals surface area contributed by atoms with E-state index in [1.807, 2.05) is 0 Å². The van der Waals surface area contributed by atoms with Crippen molar-refractivity contribution in [2.45, 2.75) is 24.7 Å². The Morgan fingerprint density at radius 3 is 2.72 bits per heavy atom. The number of hydrogen-bond donors (Lipinski definition) is 2. The molecule has 18 heavy (non-hydrogen) atoms. The standard InChI is InChI=1S/C13H18N2O2S/c1-3-5-8-11-14-12-9-6-7-10-13(12)18(16,17)15-4-2/h1,6-7,9-10,14-15H,4-5,8,11H2,2H3. The van der Waals surface area contributed by atoms with Crippen molar-refractivity contribution in [2.75, 3.05) is 18.4 Å². The van der Waals surface area contributed by atoms with Gasteiger partial charge in [0.05, 0.1) is 5.69 Å². The number of hydrogen-bond acceptors (Lipinski definition) is 3. The SMILES string of the molecule is C#CCCCNc1ccccc1S(=O)(=O)NCC. The summed E-state index contributed by atoms with van der Waals surface area (Å²) in [7, 11) is -3.44. The van der Waals surface area contributed by atoms with Crippen LogP contribution in [0.5, 0.6) is 0 Å². The number of rotatable bonds is 7. The Labute approximate surface area is 109 Å². The fourth-order valence-electron chi connectivity index (χ4n) is 1.53. The van der Waals surface area contributed by atoms with Crippen molar-refractivity contribution < 1.29 is 8.42 Å². The summed E-state index contributed by atoms with van der Waals surface area (Å²) in [5.74, 6) is 2.55. The average Bonchev–Trinajstić information content (AvgIpc) is 2.35. The van der Waals surface area contributed by atoms with E-state index < -0.39 is 10.0 Å². The van der Waals surface area contributed by atoms with Gasteiger partial charge in [-0.2, -0.15) is 0 Å². The molecular formula is C13H18N2O2S. The third-order valence-electron chi connectivity index (χ3n) is 2.32. The van der Waals surface area contributed by atoms with Gasteiger partial charge in [0.2, 0.25) is 10.0 Å². The number of benzene rings is 1. The van der Waals surface area contributed by atoms with Crippen LogP contribution in [0.1, 0.15) is 19.8 Å². The van der Waals surface area contributed by atoms with Gasteiger partial charge in [-0.1, -0.05) is 19.1 Å². The summed E-state index contributed by atoms with van der Waals surface area (Å²) in [6.07, 6.45) is 6.65. The predicted octanol–water partition coefficient (Wildman–Crippen LogP) is 1.81. The van der Waals surface area contributed by atoms with Gasteiger partial charge in [-0.15, -0.1) is 12.3 Å². The van der Waals surface area contributed by atoms with Crippen LogP contribution >= 0.6 is 0 Å². The molecule has 0 atom stereocenters. The molecule has 0 heterocycles. The molecule has 1 aromatic rings. The van der Waals surface area contributed by atoms with Crippen LogP contribution in [-0.4, -0.2) is 21.5 Å². The minimum Gasteiger partial charge on any atom is -0.384 e. The molecule has 5 heteroatoms. The van der Waals surface area contributed by atoms with Crippen molar-refractivity contribution in [3.63, 3.8) is 0 Å². The summed E-state index contributed by atoms with van der Waals surface area (Å²) in [5.41, 5.74) is 0.607. The number of sulfonamides is 1. The highest BCUT2D eigenvalue weighted by Crippen LogP contribution is 2.20. The van der Waals surface area contributed by atoms with Gasteiger partial charge >= 0.3 is 0 Å². The van der Waals surface area contributed by atoms with Crippen LogP contribution in [0.15, 0.2) is 29.2 Å². The maximum absolute atomic E-state index is 12.0. The Bertz CT molecular complexity index is 518. The summed E-state index contributed by atoms with van der Waals surface area (Å²) in [4.78, 5) is 0.271. The van der Waals surface area contributed by atoms with Crippen molar-refractivity contribution in [3.05, 3.63) is 24.3 Å². The average molecular weight is 266 g/mol. The topological polar surface area (TPSA) is 58.2 Å². The number of anilines is 1. The molecule has 1 rings (SSSR count). The lowest BCUT2D eigenvalue weighted by molar-refractivity contribution is 0.584. The normalized spacial score (nSPS) is 10.9. The molecule has 0 radical (unpaired) electrons. The first-order valence-corrected chi connectivity index (χ1v) is 7.36. The lowest BCUT2D eigenvalue weighted by atomic mass is 10.3. The Balaban J connectivity index is 2.84. The monoisotopic (exact) mass is 266 g/mol. The van der Waals surface area contributed by atoms with Crippen LogP contribution in [0, 0.1) is 12.3 Å². The zero-order chi connectivity index (χ0) is 13.4. The fourth-order valence-corrected chi connectivity index (χ4v) is 2.75. The van der Waals surface area contributed by atoms with Crippen LogP contribution < -0.4 is 10.0 Å². The van der Waals surface area contributed by atoms with E-state index in [2.05, 4.69) is 16.0 Å². The van der Waals surface area contributed by atoms with E-state index in [0.717, 1.165) is 6.42 Å². The first kappa shape index (κ1) is 14.6. The molecule has 0 saturated heterocycles. The summed E-state index contributed by atoms with van der Waals surface area (Å²) in [5, 5.41) is 3.10. The van der Waals surface area contributed by atoms with Gasteiger partial charge in [0.1, 0.15) is 4.90 Å². The highest BCUT2D eigenvalue weighted by Gasteiger charge is 2.16. The van der Waals surface area contributed by atoms with Crippen molar-refractivity contribution >= 4 is 15.7 Å². The van der Waals surface area contributed by atoms with E-state index >= 15 is 0 Å². The number of nitrogens with one attached hydrogen (secondary N) is 2. The molecule has 4 nitrogen and oxygen atoms in total. The lowest BCUT2D eigenvalue weighted by Crippen LogP contribution is -2.24. The van der Waals surface area contributed by atoms with Gasteiger partial charge in [-0.05, 0) is 18.6 Å². The summed E-state index contributed by atoms with van der Waals surface area (Å²) in [6.45, 7) is 2.77. The zero-order valence-electron chi connectivity index (χ0n) is 10.4. The molecular weight excluding hydrogens is 248 g/mol. The lowest BCUT2D eigenvalue weighted by Gasteiger charge is -2.12. The minimum atomic E-state index is -3.44. The maximum Gasteiger partial charge on any atom is 0.242 e. The van der Waals surface area contributed by atoms with Crippen LogP contribution in [0.25, 0.3) is 0 Å². The summed E-state index contributed by atoms with van der Waals surface area (Å²) in [6, 6.07) is 6.84. The van der Waals surface area contributed by atoms with E-state index in [9.17, 15) is 8.42 Å². The van der Waals surface area contributed by atoms with E-state index in [1.165, 1.54) is 0 Å². The van der Waals surface area contributed by atoms with Crippen LogP contribution in [0.3, 0.4) is 0 Å². The molecule has 0 aliphatic rings. The second-order valence-electron chi connectivity index (χ2n) is 3.73. The first-order valence-electron chi connectivity index (χ1n) is 5.88. The number of terminal acetylenes is 1. The molecule has 0 aliphatic heterocycles. The van der Waals surface area contributed by atoms with E-state index in [1.54, 1.807) is 31.2 Å². The smallest absolute Gasteiger partial charge is 0.242 e. The first-order chi connectivity index (χ1) is 8.61. The van der Waals surface area contributed by atoms with E-state index in [0.29, 0.717) is 25.2 Å². The second-order valence-corrected chi connectivity index (χ2v) is 5.47. The predicted molar refractivity (Wildman–Crippen MR) is 73.9 cm³/mol. The van der Waals surface area contributed by atoms with Crippen molar-refractivity contribution in [2.24, 2.45) is 0 Å². The molecule has 0 fully saturated rings. The number of unbranched alkanes of at least 4 members (excludes halogenated alkanes) is 1. The van der Waals surface area contributed by atoms with Crippen LogP contribution in [0.2, 0.25) is 0 Å². The molecule has 0 aliphatic carbocycles. The van der Waals surface area contributed by atoms with Gasteiger partial charge in [0, 0.05) is 19.5 Å². The van der Waals surface area contributed by atoms with Crippen LogP contribution in [-0.2, 0) is 10.0 Å². The molecule has 0 aromatic heterocycles. The molecule has 0 unspecified atom stereocenters. The highest BCUT2D eigenvalue weighted by molar-refractivity contribution is 7.89. The van der Waals surface area contributed by atoms with Gasteiger partial charge in [-0.25, -0.2) is 13.1 Å². The Hall–Kier alpha value is -1.51. The van der Waals surface area contributed by atoms with Gasteiger partial charge in [0.25, 0.3) is 0 Å². The van der Waals surface area contributed by atoms with E-state index in [4.69, 9.17) is 6.42 Å². The Morgan fingerprint density at radius 2 is 2.06 bits per heavy atom. The van der Waals surface area contributed by atoms with Gasteiger partial charge < -0.3 is 5.32 Å². The minimum absolute atomic E-state index is 0.271. The Morgan fingerprint density at radius 1 is 1.33 bits per heavy atom. The van der Waals surface area contributed by atoms with Gasteiger partial charge in [0.15, 0.2) is 0 Å². The zero-order valence-corrected chi connectivity index (χ0v) is 11.3. The number of para-hydroxylation sites is 1. The maximum atomic E-state index is 12.0. The van der Waals surface area contributed by atoms with E-state index in [-0.39, 0.29) is 4.90 Å². The van der Waals surface area contributed by atoms with Crippen molar-refractivity contribution in [1.29, 1.82) is 0 Å². The fraction of sp³-hybridized carbons (Fsp3) is 0.385. The largest absolute Gasteiger partial charge is 0.384 e. The molecule has 0 amide bonds.